The minimum atomic E-state index is -0.394. The van der Waals surface area contributed by atoms with Crippen molar-refractivity contribution in [2.24, 2.45) is 0 Å². The molecule has 0 saturated carbocycles. The molecule has 0 bridgehead atoms. The van der Waals surface area contributed by atoms with E-state index in [1.807, 2.05) is 23.6 Å². The van der Waals surface area contributed by atoms with Gasteiger partial charge >= 0.3 is 0 Å². The average Bonchev–Trinajstić information content (AvgIpc) is 2.94. The largest absolute Gasteiger partial charge is 0.383 e. The lowest BCUT2D eigenvalue weighted by molar-refractivity contribution is 0.629. The summed E-state index contributed by atoms with van der Waals surface area (Å²) >= 11 is 12.2. The standard InChI is InChI=1S/C17H13Cl2FN4/c1-9-8-21-14-7-11(19)3-5-15(14)24-16(9)22-23-17(24)12-6-10(18)2-4-13(12)20/h2-7,9,21H,8H2,1H3/t9-/m0/s1. The van der Waals surface area contributed by atoms with E-state index in [0.717, 1.165) is 17.2 Å². The molecule has 122 valence electrons. The number of rotatable bonds is 1. The maximum Gasteiger partial charge on any atom is 0.171 e. The van der Waals surface area contributed by atoms with E-state index >= 15 is 0 Å². The maximum absolute atomic E-state index is 14.4. The topological polar surface area (TPSA) is 42.7 Å². The number of fused-ring (bicyclic) bond motifs is 3. The minimum absolute atomic E-state index is 0.0969. The summed E-state index contributed by atoms with van der Waals surface area (Å²) in [6.07, 6.45) is 0. The lowest BCUT2D eigenvalue weighted by atomic mass is 10.1. The molecule has 0 saturated heterocycles. The Morgan fingerprint density at radius 3 is 2.71 bits per heavy atom. The first-order chi connectivity index (χ1) is 11.5. The SMILES string of the molecule is C[C@H]1CNc2cc(Cl)ccc2-n2c(-c3cc(Cl)ccc3F)nnc21. The molecule has 0 aliphatic carbocycles. The predicted octanol–water partition coefficient (Wildman–Crippen LogP) is 4.91. The van der Waals surface area contributed by atoms with Crippen molar-refractivity contribution in [3.8, 4) is 17.1 Å². The van der Waals surface area contributed by atoms with Crippen molar-refractivity contribution in [3.63, 3.8) is 0 Å². The number of hydrogen-bond acceptors (Lipinski definition) is 3. The Morgan fingerprint density at radius 2 is 1.88 bits per heavy atom. The molecule has 1 aliphatic rings. The highest BCUT2D eigenvalue weighted by atomic mass is 35.5. The van der Waals surface area contributed by atoms with Gasteiger partial charge < -0.3 is 5.32 Å². The minimum Gasteiger partial charge on any atom is -0.383 e. The first-order valence-corrected chi connectivity index (χ1v) is 8.24. The monoisotopic (exact) mass is 362 g/mol. The van der Waals surface area contributed by atoms with Crippen molar-refractivity contribution >= 4 is 28.9 Å². The first-order valence-electron chi connectivity index (χ1n) is 7.49. The number of halogens is 3. The summed E-state index contributed by atoms with van der Waals surface area (Å²) in [6.45, 7) is 2.72. The van der Waals surface area contributed by atoms with E-state index in [1.54, 1.807) is 12.1 Å². The third kappa shape index (κ3) is 2.44. The van der Waals surface area contributed by atoms with Crippen molar-refractivity contribution in [1.29, 1.82) is 0 Å². The van der Waals surface area contributed by atoms with Crippen LogP contribution in [0, 0.1) is 5.82 Å². The molecule has 0 amide bonds. The van der Waals surface area contributed by atoms with Gasteiger partial charge in [0.15, 0.2) is 5.82 Å². The van der Waals surface area contributed by atoms with Gasteiger partial charge in [0.25, 0.3) is 0 Å². The third-order valence-corrected chi connectivity index (χ3v) is 4.57. The van der Waals surface area contributed by atoms with Gasteiger partial charge in [-0.25, -0.2) is 4.39 Å². The van der Waals surface area contributed by atoms with Crippen LogP contribution in [0.5, 0.6) is 0 Å². The molecule has 1 aliphatic heterocycles. The fourth-order valence-electron chi connectivity index (χ4n) is 2.90. The quantitative estimate of drug-likeness (QED) is 0.668. The van der Waals surface area contributed by atoms with Crippen LogP contribution in [0.2, 0.25) is 10.0 Å². The van der Waals surface area contributed by atoms with Gasteiger partial charge in [-0.05, 0) is 36.4 Å². The zero-order valence-corrected chi connectivity index (χ0v) is 14.2. The molecule has 24 heavy (non-hydrogen) atoms. The molecule has 2 heterocycles. The predicted molar refractivity (Wildman–Crippen MR) is 93.7 cm³/mol. The number of nitrogens with one attached hydrogen (secondary N) is 1. The molecule has 0 spiro atoms. The number of nitrogens with zero attached hydrogens (tertiary/aromatic N) is 3. The highest BCUT2D eigenvalue weighted by Gasteiger charge is 2.26. The molecular weight excluding hydrogens is 350 g/mol. The van der Waals surface area contributed by atoms with E-state index in [4.69, 9.17) is 23.2 Å². The molecule has 1 N–H and O–H groups in total. The first kappa shape index (κ1) is 15.4. The molecule has 3 aromatic rings. The summed E-state index contributed by atoms with van der Waals surface area (Å²) in [5, 5.41) is 13.0. The van der Waals surface area contributed by atoms with Crippen LogP contribution in [0.25, 0.3) is 17.1 Å². The van der Waals surface area contributed by atoms with E-state index in [-0.39, 0.29) is 5.92 Å². The normalized spacial score (nSPS) is 16.1. The van der Waals surface area contributed by atoms with Crippen LogP contribution in [0.3, 0.4) is 0 Å². The molecular formula is C17H13Cl2FN4. The number of aromatic nitrogens is 3. The van der Waals surface area contributed by atoms with Crippen LogP contribution in [-0.2, 0) is 0 Å². The van der Waals surface area contributed by atoms with Crippen molar-refractivity contribution in [3.05, 3.63) is 58.1 Å². The highest BCUT2D eigenvalue weighted by Crippen LogP contribution is 2.35. The van der Waals surface area contributed by atoms with Crippen LogP contribution in [0.1, 0.15) is 18.7 Å². The van der Waals surface area contributed by atoms with Crippen LogP contribution in [-0.4, -0.2) is 21.3 Å². The van der Waals surface area contributed by atoms with Crippen LogP contribution < -0.4 is 5.32 Å². The summed E-state index contributed by atoms with van der Waals surface area (Å²) in [5.41, 5.74) is 2.01. The van der Waals surface area contributed by atoms with E-state index in [1.165, 1.54) is 12.1 Å². The van der Waals surface area contributed by atoms with Crippen molar-refractivity contribution in [2.75, 3.05) is 11.9 Å². The zero-order valence-electron chi connectivity index (χ0n) is 12.7. The number of hydrogen-bond donors (Lipinski definition) is 1. The molecule has 4 rings (SSSR count). The molecule has 0 unspecified atom stereocenters. The molecule has 0 fully saturated rings. The van der Waals surface area contributed by atoms with E-state index in [9.17, 15) is 4.39 Å². The van der Waals surface area contributed by atoms with Crippen LogP contribution in [0.4, 0.5) is 10.1 Å². The lowest BCUT2D eigenvalue weighted by Crippen LogP contribution is -2.09. The summed E-state index contributed by atoms with van der Waals surface area (Å²) in [4.78, 5) is 0. The fraction of sp³-hybridized carbons (Fsp3) is 0.176. The Bertz CT molecular complexity index is 938. The van der Waals surface area contributed by atoms with Gasteiger partial charge in [0.2, 0.25) is 0 Å². The van der Waals surface area contributed by atoms with Crippen LogP contribution >= 0.6 is 23.2 Å². The second kappa shape index (κ2) is 5.76. The summed E-state index contributed by atoms with van der Waals surface area (Å²) in [6, 6.07) is 9.92. The van der Waals surface area contributed by atoms with E-state index in [2.05, 4.69) is 15.5 Å². The number of benzene rings is 2. The molecule has 2 aromatic carbocycles. The van der Waals surface area contributed by atoms with Gasteiger partial charge in [0.05, 0.1) is 16.9 Å². The summed E-state index contributed by atoms with van der Waals surface area (Å²) in [5.74, 6) is 0.886. The second-order valence-corrected chi connectivity index (χ2v) is 6.66. The summed E-state index contributed by atoms with van der Waals surface area (Å²) in [7, 11) is 0. The Morgan fingerprint density at radius 1 is 1.12 bits per heavy atom. The van der Waals surface area contributed by atoms with Gasteiger partial charge in [-0.2, -0.15) is 0 Å². The van der Waals surface area contributed by atoms with Gasteiger partial charge in [-0.1, -0.05) is 30.1 Å². The average molecular weight is 363 g/mol. The van der Waals surface area contributed by atoms with Crippen molar-refractivity contribution < 1.29 is 4.39 Å². The molecule has 7 heteroatoms. The smallest absolute Gasteiger partial charge is 0.171 e. The number of anilines is 1. The lowest BCUT2D eigenvalue weighted by Gasteiger charge is -2.13. The maximum atomic E-state index is 14.4. The van der Waals surface area contributed by atoms with Gasteiger partial charge in [0, 0.05) is 22.5 Å². The van der Waals surface area contributed by atoms with Crippen LogP contribution in [0.15, 0.2) is 36.4 Å². The third-order valence-electron chi connectivity index (χ3n) is 4.10. The fourth-order valence-corrected chi connectivity index (χ4v) is 3.24. The van der Waals surface area contributed by atoms with Gasteiger partial charge in [-0.3, -0.25) is 4.57 Å². The Kier molecular flexibility index (Phi) is 3.70. The van der Waals surface area contributed by atoms with Crippen molar-refractivity contribution in [2.45, 2.75) is 12.8 Å². The Balaban J connectivity index is 2.02. The van der Waals surface area contributed by atoms with E-state index < -0.39 is 5.82 Å². The van der Waals surface area contributed by atoms with Gasteiger partial charge in [0.1, 0.15) is 11.6 Å². The molecule has 1 aromatic heterocycles. The second-order valence-electron chi connectivity index (χ2n) is 5.78. The van der Waals surface area contributed by atoms with E-state index in [0.29, 0.717) is 28.0 Å². The molecule has 0 radical (unpaired) electrons. The summed E-state index contributed by atoms with van der Waals surface area (Å²) < 4.78 is 16.2. The Labute approximate surface area is 148 Å². The van der Waals surface area contributed by atoms with Gasteiger partial charge in [-0.15, -0.1) is 10.2 Å². The Hall–Kier alpha value is -2.11. The van der Waals surface area contributed by atoms with Crippen molar-refractivity contribution in [1.82, 2.24) is 14.8 Å². The molecule has 4 nitrogen and oxygen atoms in total. The zero-order chi connectivity index (χ0) is 16.8. The molecule has 1 atom stereocenters. The highest BCUT2D eigenvalue weighted by molar-refractivity contribution is 6.31.